The Balaban J connectivity index is 1.58. The minimum absolute atomic E-state index is 0.0940. The van der Waals surface area contributed by atoms with E-state index < -0.39 is 0 Å². The van der Waals surface area contributed by atoms with Gasteiger partial charge in [-0.1, -0.05) is 53.2 Å². The maximum Gasteiger partial charge on any atom is 0.0618 e. The van der Waals surface area contributed by atoms with Gasteiger partial charge in [-0.25, -0.2) is 0 Å². The topological polar surface area (TPSA) is 60.7 Å². The molecule has 0 spiro atoms. The van der Waals surface area contributed by atoms with Gasteiger partial charge in [0.25, 0.3) is 0 Å². The molecule has 5 aliphatic carbocycles. The molecule has 0 saturated heterocycles. The highest BCUT2D eigenvalue weighted by atomic mass is 16.3. The van der Waals surface area contributed by atoms with E-state index in [1.807, 2.05) is 0 Å². The van der Waals surface area contributed by atoms with Crippen LogP contribution >= 0.6 is 0 Å². The van der Waals surface area contributed by atoms with E-state index in [1.165, 1.54) is 32.1 Å². The van der Waals surface area contributed by atoms with Gasteiger partial charge in [0.15, 0.2) is 0 Å². The van der Waals surface area contributed by atoms with Crippen molar-refractivity contribution in [2.45, 2.75) is 105 Å². The van der Waals surface area contributed by atoms with Gasteiger partial charge in [0.05, 0.1) is 12.7 Å². The van der Waals surface area contributed by atoms with E-state index in [1.54, 1.807) is 5.57 Å². The average Bonchev–Trinajstić information content (AvgIpc) is 2.77. The molecule has 11 atom stereocenters. The second-order valence-electron chi connectivity index (χ2n) is 14.5. The Kier molecular flexibility index (Phi) is 5.57. The maximum absolute atomic E-state index is 10.9. The summed E-state index contributed by atoms with van der Waals surface area (Å²) in [5, 5.41) is 31.5. The van der Waals surface area contributed by atoms with Gasteiger partial charge in [-0.05, 0) is 109 Å². The molecule has 0 aromatic carbocycles. The van der Waals surface area contributed by atoms with E-state index in [-0.39, 0.29) is 34.4 Å². The van der Waals surface area contributed by atoms with Crippen LogP contribution in [0.15, 0.2) is 11.6 Å². The van der Waals surface area contributed by atoms with Crippen molar-refractivity contribution in [2.24, 2.45) is 56.7 Å². The van der Waals surface area contributed by atoms with Crippen LogP contribution in [0.5, 0.6) is 0 Å². The van der Waals surface area contributed by atoms with Crippen LogP contribution in [0.2, 0.25) is 0 Å². The van der Waals surface area contributed by atoms with E-state index in [2.05, 4.69) is 47.6 Å². The highest BCUT2D eigenvalue weighted by molar-refractivity contribution is 5.33. The first-order valence-electron chi connectivity index (χ1n) is 14.0. The predicted molar refractivity (Wildman–Crippen MR) is 133 cm³/mol. The molecular formula is C30H50O3. The SMILES string of the molecule is CC1C(CO)CCC2(C)CCC3(C)C(=CCC4C5(C)CCC(O)C(C)(CO)C5CCC43C)C12. The molecule has 0 aromatic rings. The summed E-state index contributed by atoms with van der Waals surface area (Å²) in [5.74, 6) is 2.58. The largest absolute Gasteiger partial charge is 0.396 e. The molecule has 4 fully saturated rings. The van der Waals surface area contributed by atoms with Crippen molar-refractivity contribution in [3.63, 3.8) is 0 Å². The summed E-state index contributed by atoms with van der Waals surface area (Å²) in [6.45, 7) is 15.3. The van der Waals surface area contributed by atoms with Gasteiger partial charge in [0.1, 0.15) is 0 Å². The third-order valence-corrected chi connectivity index (χ3v) is 13.5. The molecule has 4 saturated carbocycles. The summed E-state index contributed by atoms with van der Waals surface area (Å²) in [6.07, 6.45) is 12.7. The first kappa shape index (κ1) is 24.3. The first-order chi connectivity index (χ1) is 15.4. The van der Waals surface area contributed by atoms with Crippen LogP contribution in [0.25, 0.3) is 0 Å². The Morgan fingerprint density at radius 1 is 0.879 bits per heavy atom. The predicted octanol–water partition coefficient (Wildman–Crippen LogP) is 5.97. The molecule has 3 heteroatoms. The normalized spacial score (nSPS) is 58.4. The minimum Gasteiger partial charge on any atom is -0.396 e. The van der Waals surface area contributed by atoms with Crippen LogP contribution in [0.3, 0.4) is 0 Å². The molecule has 0 aliphatic heterocycles. The fourth-order valence-electron chi connectivity index (χ4n) is 11.0. The van der Waals surface area contributed by atoms with Gasteiger partial charge in [0.2, 0.25) is 0 Å². The summed E-state index contributed by atoms with van der Waals surface area (Å²) in [7, 11) is 0. The number of aliphatic hydroxyl groups is 3. The zero-order chi connectivity index (χ0) is 24.0. The summed E-state index contributed by atoms with van der Waals surface area (Å²) in [4.78, 5) is 0. The lowest BCUT2D eigenvalue weighted by Gasteiger charge is -2.71. The number of allylic oxidation sites excluding steroid dienone is 2. The second kappa shape index (κ2) is 7.56. The quantitative estimate of drug-likeness (QED) is 0.447. The summed E-state index contributed by atoms with van der Waals surface area (Å²) < 4.78 is 0. The second-order valence-corrected chi connectivity index (χ2v) is 14.5. The zero-order valence-corrected chi connectivity index (χ0v) is 22.2. The van der Waals surface area contributed by atoms with E-state index >= 15 is 0 Å². The molecule has 188 valence electrons. The Labute approximate surface area is 202 Å². The lowest BCUT2D eigenvalue weighted by molar-refractivity contribution is -0.216. The molecule has 3 nitrogen and oxygen atoms in total. The van der Waals surface area contributed by atoms with E-state index in [0.29, 0.717) is 41.6 Å². The molecule has 0 heterocycles. The van der Waals surface area contributed by atoms with Gasteiger partial charge < -0.3 is 15.3 Å². The standard InChI is InChI=1S/C30H50O3/c1-19-20(17-31)9-12-26(2)15-16-29(5)21(25(19)26)7-8-23-27(3)13-11-24(33)28(4,18-32)22(27)10-14-30(23,29)6/h7,19-20,22-25,31-33H,8-18H2,1-6H3. The maximum atomic E-state index is 10.9. The third-order valence-electron chi connectivity index (χ3n) is 13.5. The fraction of sp³-hybridized carbons (Fsp3) is 0.933. The Morgan fingerprint density at radius 2 is 1.61 bits per heavy atom. The van der Waals surface area contributed by atoms with Crippen molar-refractivity contribution in [2.75, 3.05) is 13.2 Å². The van der Waals surface area contributed by atoms with Crippen molar-refractivity contribution in [3.8, 4) is 0 Å². The molecule has 0 aromatic heterocycles. The number of aliphatic hydroxyl groups excluding tert-OH is 3. The third kappa shape index (κ3) is 2.91. The van der Waals surface area contributed by atoms with E-state index in [0.717, 1.165) is 25.7 Å². The highest BCUT2D eigenvalue weighted by Gasteiger charge is 2.68. The summed E-state index contributed by atoms with van der Waals surface area (Å²) in [5.41, 5.74) is 2.38. The lowest BCUT2D eigenvalue weighted by Crippen LogP contribution is -2.65. The molecule has 3 N–H and O–H groups in total. The lowest BCUT2D eigenvalue weighted by atomic mass is 9.33. The molecule has 0 radical (unpaired) electrons. The van der Waals surface area contributed by atoms with Crippen LogP contribution in [0.1, 0.15) is 99.3 Å². The summed E-state index contributed by atoms with van der Waals surface area (Å²) in [6, 6.07) is 0. The smallest absolute Gasteiger partial charge is 0.0618 e. The molecule has 5 rings (SSSR count). The average molecular weight is 459 g/mol. The number of hydrogen-bond donors (Lipinski definition) is 3. The van der Waals surface area contributed by atoms with Gasteiger partial charge in [-0.2, -0.15) is 0 Å². The molecule has 33 heavy (non-hydrogen) atoms. The van der Waals surface area contributed by atoms with Gasteiger partial charge in [0, 0.05) is 12.0 Å². The number of fused-ring (bicyclic) bond motifs is 7. The van der Waals surface area contributed by atoms with Crippen LogP contribution < -0.4 is 0 Å². The molecule has 0 amide bonds. The molecular weight excluding hydrogens is 408 g/mol. The van der Waals surface area contributed by atoms with Gasteiger partial charge in [-0.15, -0.1) is 0 Å². The minimum atomic E-state index is -0.385. The number of hydrogen-bond acceptors (Lipinski definition) is 3. The molecule has 0 bridgehead atoms. The van der Waals surface area contributed by atoms with E-state index in [4.69, 9.17) is 0 Å². The van der Waals surface area contributed by atoms with Crippen molar-refractivity contribution in [1.29, 1.82) is 0 Å². The summed E-state index contributed by atoms with van der Waals surface area (Å²) >= 11 is 0. The molecule has 5 aliphatic rings. The van der Waals surface area contributed by atoms with Crippen molar-refractivity contribution in [1.82, 2.24) is 0 Å². The van der Waals surface area contributed by atoms with Crippen LogP contribution in [-0.2, 0) is 0 Å². The van der Waals surface area contributed by atoms with Crippen LogP contribution in [-0.4, -0.2) is 34.6 Å². The van der Waals surface area contributed by atoms with Crippen molar-refractivity contribution >= 4 is 0 Å². The fourth-order valence-corrected chi connectivity index (χ4v) is 11.0. The Bertz CT molecular complexity index is 821. The van der Waals surface area contributed by atoms with E-state index in [9.17, 15) is 15.3 Å². The van der Waals surface area contributed by atoms with Gasteiger partial charge >= 0.3 is 0 Å². The van der Waals surface area contributed by atoms with Crippen LogP contribution in [0, 0.1) is 56.7 Å². The Hall–Kier alpha value is -0.380. The van der Waals surface area contributed by atoms with Crippen molar-refractivity contribution < 1.29 is 15.3 Å². The van der Waals surface area contributed by atoms with Crippen molar-refractivity contribution in [3.05, 3.63) is 11.6 Å². The zero-order valence-electron chi connectivity index (χ0n) is 22.2. The van der Waals surface area contributed by atoms with Crippen LogP contribution in [0.4, 0.5) is 0 Å². The van der Waals surface area contributed by atoms with Gasteiger partial charge in [-0.3, -0.25) is 0 Å². The Morgan fingerprint density at radius 3 is 2.27 bits per heavy atom. The highest BCUT2D eigenvalue weighted by Crippen LogP contribution is 2.75. The molecule has 11 unspecified atom stereocenters. The number of rotatable bonds is 2. The monoisotopic (exact) mass is 458 g/mol. The first-order valence-corrected chi connectivity index (χ1v) is 14.0.